The second-order valence-electron chi connectivity index (χ2n) is 11.3. The molecule has 0 radical (unpaired) electrons. The van der Waals surface area contributed by atoms with Crippen LogP contribution in [-0.2, 0) is 16.1 Å². The van der Waals surface area contributed by atoms with Crippen molar-refractivity contribution in [1.82, 2.24) is 24.9 Å². The maximum absolute atomic E-state index is 13.5. The number of carbonyl (C=O) groups excluding carboxylic acids is 2. The molecule has 2 aromatic carbocycles. The van der Waals surface area contributed by atoms with E-state index in [-0.39, 0.29) is 28.6 Å². The number of rotatable bonds is 8. The summed E-state index contributed by atoms with van der Waals surface area (Å²) in [5.41, 5.74) is 2.05. The van der Waals surface area contributed by atoms with Gasteiger partial charge in [0.1, 0.15) is 5.82 Å². The van der Waals surface area contributed by atoms with Crippen LogP contribution in [0, 0.1) is 27.7 Å². The maximum atomic E-state index is 13.5. The highest BCUT2D eigenvalue weighted by Gasteiger charge is 2.45. The Morgan fingerprint density at radius 1 is 0.939 bits per heavy atom. The van der Waals surface area contributed by atoms with Crippen molar-refractivity contribution in [3.05, 3.63) is 62.8 Å². The van der Waals surface area contributed by atoms with Gasteiger partial charge in [-0.1, -0.05) is 4.73 Å². The molecule has 19 heteroatoms. The number of hydrogen-bond acceptors (Lipinski definition) is 12. The number of carbonyl (C=O) groups is 2. The van der Waals surface area contributed by atoms with Crippen LogP contribution in [-0.4, -0.2) is 70.1 Å². The Hall–Kier alpha value is -5.17. The molecule has 1 aliphatic heterocycles. The molecule has 5 rings (SSSR count). The fourth-order valence-corrected chi connectivity index (χ4v) is 4.99. The van der Waals surface area contributed by atoms with Gasteiger partial charge in [-0.25, -0.2) is 19.4 Å². The van der Waals surface area contributed by atoms with E-state index in [1.54, 1.807) is 6.92 Å². The second kappa shape index (κ2) is 13.4. The monoisotopic (exact) mass is 697 g/mol. The van der Waals surface area contributed by atoms with E-state index in [2.05, 4.69) is 35.5 Å². The van der Waals surface area contributed by atoms with E-state index in [0.717, 1.165) is 16.7 Å². The number of alkyl halides is 6. The highest BCUT2D eigenvalue weighted by atomic mass is 19.4. The smallest absolute Gasteiger partial charge is 0.415 e. The molecule has 2 aromatic heterocycles. The van der Waals surface area contributed by atoms with Gasteiger partial charge in [-0.05, 0) is 62.6 Å². The lowest BCUT2D eigenvalue weighted by molar-refractivity contribution is -0.200. The fourth-order valence-electron chi connectivity index (χ4n) is 4.99. The zero-order chi connectivity index (χ0) is 35.8. The number of halogens is 6. The molecule has 0 atom stereocenters. The van der Waals surface area contributed by atoms with Crippen molar-refractivity contribution in [2.24, 2.45) is 0 Å². The van der Waals surface area contributed by atoms with Crippen molar-refractivity contribution in [3.63, 3.8) is 0 Å². The first-order valence-corrected chi connectivity index (χ1v) is 14.6. The van der Waals surface area contributed by atoms with E-state index in [4.69, 9.17) is 4.42 Å². The molecule has 1 saturated heterocycles. The predicted molar refractivity (Wildman–Crippen MR) is 162 cm³/mol. The van der Waals surface area contributed by atoms with Gasteiger partial charge in [0.05, 0.1) is 5.69 Å². The number of benzene rings is 2. The first kappa shape index (κ1) is 35.1. The highest BCUT2D eigenvalue weighted by Crippen LogP contribution is 2.40. The number of oxazole rings is 1. The minimum absolute atomic E-state index is 0.0256. The van der Waals surface area contributed by atoms with Crippen molar-refractivity contribution in [2.45, 2.75) is 46.6 Å². The van der Waals surface area contributed by atoms with Gasteiger partial charge >= 0.3 is 30.0 Å². The van der Waals surface area contributed by atoms with Gasteiger partial charge in [0.15, 0.2) is 16.8 Å². The number of aryl methyl sites for hydroxylation is 3. The molecule has 3 heterocycles. The van der Waals surface area contributed by atoms with Crippen molar-refractivity contribution < 1.29 is 49.9 Å². The fraction of sp³-hybridized carbons (Fsp3) is 0.367. The van der Waals surface area contributed by atoms with Crippen LogP contribution in [0.15, 0.2) is 33.6 Å². The van der Waals surface area contributed by atoms with Crippen LogP contribution in [0.4, 0.5) is 49.5 Å². The number of anilines is 4. The van der Waals surface area contributed by atoms with Gasteiger partial charge in [0, 0.05) is 55.7 Å². The molecule has 0 unspecified atom stereocenters. The minimum Gasteiger partial charge on any atom is -0.415 e. The van der Waals surface area contributed by atoms with Gasteiger partial charge in [-0.15, -0.1) is 0 Å². The summed E-state index contributed by atoms with van der Waals surface area (Å²) in [5, 5.41) is 8.94. The topological polar surface area (TPSA) is 153 Å². The zero-order valence-corrected chi connectivity index (χ0v) is 26.4. The summed E-state index contributed by atoms with van der Waals surface area (Å²) < 4.78 is 89.6. The molecule has 0 saturated carbocycles. The molecule has 4 aromatic rings. The van der Waals surface area contributed by atoms with Crippen molar-refractivity contribution in [1.29, 1.82) is 0 Å². The molecular weight excluding hydrogens is 668 g/mol. The summed E-state index contributed by atoms with van der Waals surface area (Å²) in [4.78, 5) is 51.5. The molecule has 3 N–H and O–H groups in total. The van der Waals surface area contributed by atoms with E-state index >= 15 is 0 Å². The standard InChI is InChI=1S/C30H29F6N7O6/c1-14-9-19(10-15(2)17(14)4)39-27-38-12-16(3)24(41-27)40-20-11-18(13-42-7-5-37-6-8-42)22-21(23(20)47-25(44)29(31,32)33)43(28(46)48-22)49-26(45)30(34,35)36/h9-12,37H,5-8,13H2,1-4H3,(H2,38,39,40,41). The van der Waals surface area contributed by atoms with Gasteiger partial charge in [0.25, 0.3) is 0 Å². The van der Waals surface area contributed by atoms with Gasteiger partial charge in [-0.3, -0.25) is 4.90 Å². The number of esters is 1. The van der Waals surface area contributed by atoms with Crippen LogP contribution in [0.2, 0.25) is 0 Å². The molecule has 262 valence electrons. The Labute approximate surface area is 273 Å². The first-order valence-electron chi connectivity index (χ1n) is 14.6. The van der Waals surface area contributed by atoms with Crippen LogP contribution in [0.25, 0.3) is 11.1 Å². The lowest BCUT2D eigenvalue weighted by Crippen LogP contribution is -2.42. The Morgan fingerprint density at radius 2 is 1.57 bits per heavy atom. The number of hydrogen-bond donors (Lipinski definition) is 3. The molecule has 13 nitrogen and oxygen atoms in total. The molecule has 0 amide bonds. The third-order valence-electron chi connectivity index (χ3n) is 7.69. The van der Waals surface area contributed by atoms with E-state index in [9.17, 15) is 40.7 Å². The average Bonchev–Trinajstić information content (AvgIpc) is 3.34. The number of nitrogens with zero attached hydrogens (tertiary/aromatic N) is 4. The van der Waals surface area contributed by atoms with E-state index in [1.807, 2.05) is 37.8 Å². The van der Waals surface area contributed by atoms with Gasteiger partial charge in [-0.2, -0.15) is 31.3 Å². The molecule has 0 bridgehead atoms. The van der Waals surface area contributed by atoms with Crippen LogP contribution in [0.5, 0.6) is 5.75 Å². The first-order chi connectivity index (χ1) is 22.9. The molecule has 1 fully saturated rings. The molecule has 0 aliphatic carbocycles. The Morgan fingerprint density at radius 3 is 2.18 bits per heavy atom. The number of nitrogens with one attached hydrogen (secondary N) is 3. The Balaban J connectivity index is 1.68. The predicted octanol–water partition coefficient (Wildman–Crippen LogP) is 4.50. The third kappa shape index (κ3) is 7.78. The molecule has 49 heavy (non-hydrogen) atoms. The lowest BCUT2D eigenvalue weighted by Gasteiger charge is -2.27. The Kier molecular flexibility index (Phi) is 9.60. The number of ether oxygens (including phenoxy) is 1. The largest absolute Gasteiger partial charge is 0.493 e. The minimum atomic E-state index is -5.62. The van der Waals surface area contributed by atoms with Crippen LogP contribution in [0.1, 0.15) is 27.8 Å². The summed E-state index contributed by atoms with van der Waals surface area (Å²) in [5.74, 6) is -8.49. The van der Waals surface area contributed by atoms with Crippen molar-refractivity contribution in [3.8, 4) is 5.75 Å². The lowest BCUT2D eigenvalue weighted by atomic mass is 10.0. The summed E-state index contributed by atoms with van der Waals surface area (Å²) >= 11 is 0. The zero-order valence-electron chi connectivity index (χ0n) is 26.4. The van der Waals surface area contributed by atoms with Crippen LogP contribution in [0.3, 0.4) is 0 Å². The number of fused-ring (bicyclic) bond motifs is 1. The summed E-state index contributed by atoms with van der Waals surface area (Å²) in [7, 11) is 0. The summed E-state index contributed by atoms with van der Waals surface area (Å²) in [6.45, 7) is 9.36. The normalized spacial score (nSPS) is 14.2. The summed E-state index contributed by atoms with van der Waals surface area (Å²) in [6, 6.07) is 4.90. The van der Waals surface area contributed by atoms with Crippen molar-refractivity contribution >= 4 is 46.2 Å². The number of aromatic nitrogens is 3. The highest BCUT2D eigenvalue weighted by molar-refractivity contribution is 5.94. The van der Waals surface area contributed by atoms with E-state index in [1.165, 1.54) is 12.3 Å². The van der Waals surface area contributed by atoms with Crippen LogP contribution >= 0.6 is 0 Å². The number of piperazine rings is 1. The average molecular weight is 698 g/mol. The quantitative estimate of drug-likeness (QED) is 0.135. The van der Waals surface area contributed by atoms with E-state index in [0.29, 0.717) is 37.4 Å². The summed E-state index contributed by atoms with van der Waals surface area (Å²) in [6.07, 6.45) is -9.83. The van der Waals surface area contributed by atoms with Crippen LogP contribution < -0.4 is 31.3 Å². The molecular formula is C30H29F6N7O6. The third-order valence-corrected chi connectivity index (χ3v) is 7.69. The maximum Gasteiger partial charge on any atom is 0.493 e. The molecule has 1 aliphatic rings. The van der Waals surface area contributed by atoms with Crippen molar-refractivity contribution in [2.75, 3.05) is 36.8 Å². The van der Waals surface area contributed by atoms with E-state index < -0.39 is 52.6 Å². The van der Waals surface area contributed by atoms with Gasteiger partial charge in [0.2, 0.25) is 5.95 Å². The molecule has 0 spiro atoms. The SMILES string of the molecule is Cc1cnc(Nc2cc(C)c(C)c(C)c2)nc1Nc1cc(CN2CCNCC2)c2oc(=O)n(OC(=O)C(F)(F)F)c2c1OC(=O)C(F)(F)F. The Bertz CT molecular complexity index is 1960. The van der Waals surface area contributed by atoms with Gasteiger partial charge < -0.3 is 29.9 Å². The second-order valence-corrected chi connectivity index (χ2v) is 11.3.